The van der Waals surface area contributed by atoms with Gasteiger partial charge in [0.1, 0.15) is 0 Å². The van der Waals surface area contributed by atoms with Gasteiger partial charge in [-0.1, -0.05) is 28.1 Å². The first-order valence-electron chi connectivity index (χ1n) is 7.96. The SMILES string of the molecule is NC1CCC(C(=O)N2CCCC2c2cccc(Br)c2)CC1. The summed E-state index contributed by atoms with van der Waals surface area (Å²) in [6.07, 6.45) is 6.09. The zero-order valence-electron chi connectivity index (χ0n) is 12.3. The fourth-order valence-electron chi connectivity index (χ4n) is 3.69. The summed E-state index contributed by atoms with van der Waals surface area (Å²) in [6.45, 7) is 0.901. The Morgan fingerprint density at radius 1 is 1.19 bits per heavy atom. The Morgan fingerprint density at radius 3 is 2.67 bits per heavy atom. The van der Waals surface area contributed by atoms with E-state index in [4.69, 9.17) is 5.73 Å². The van der Waals surface area contributed by atoms with Crippen molar-refractivity contribution < 1.29 is 4.79 Å². The Morgan fingerprint density at radius 2 is 1.95 bits per heavy atom. The van der Waals surface area contributed by atoms with Gasteiger partial charge in [0.25, 0.3) is 0 Å². The summed E-state index contributed by atoms with van der Waals surface area (Å²) in [5.41, 5.74) is 7.21. The highest BCUT2D eigenvalue weighted by atomic mass is 79.9. The fraction of sp³-hybridized carbons (Fsp3) is 0.588. The monoisotopic (exact) mass is 350 g/mol. The average Bonchev–Trinajstić information content (AvgIpc) is 2.97. The second-order valence-electron chi connectivity index (χ2n) is 6.36. The van der Waals surface area contributed by atoms with Gasteiger partial charge < -0.3 is 10.6 Å². The van der Waals surface area contributed by atoms with Crippen molar-refractivity contribution in [1.82, 2.24) is 4.90 Å². The Kier molecular flexibility index (Phi) is 4.65. The molecule has 3 nitrogen and oxygen atoms in total. The second kappa shape index (κ2) is 6.49. The Bertz CT molecular complexity index is 511. The number of hydrogen-bond donors (Lipinski definition) is 1. The van der Waals surface area contributed by atoms with Gasteiger partial charge in [-0.15, -0.1) is 0 Å². The van der Waals surface area contributed by atoms with Crippen LogP contribution in [0.3, 0.4) is 0 Å². The first-order chi connectivity index (χ1) is 10.1. The van der Waals surface area contributed by atoms with Crippen LogP contribution in [-0.2, 0) is 4.79 Å². The van der Waals surface area contributed by atoms with Crippen molar-refractivity contribution in [3.05, 3.63) is 34.3 Å². The molecule has 1 aromatic rings. The lowest BCUT2D eigenvalue weighted by Gasteiger charge is -2.32. The van der Waals surface area contributed by atoms with E-state index in [0.29, 0.717) is 11.9 Å². The van der Waals surface area contributed by atoms with E-state index in [1.54, 1.807) is 0 Å². The van der Waals surface area contributed by atoms with Gasteiger partial charge in [0.15, 0.2) is 0 Å². The van der Waals surface area contributed by atoms with Gasteiger partial charge in [-0.2, -0.15) is 0 Å². The molecule has 1 aromatic carbocycles. The maximum atomic E-state index is 12.8. The number of hydrogen-bond acceptors (Lipinski definition) is 2. The van der Waals surface area contributed by atoms with Crippen molar-refractivity contribution in [3.63, 3.8) is 0 Å². The molecule has 1 saturated heterocycles. The highest BCUT2D eigenvalue weighted by Crippen LogP contribution is 2.36. The smallest absolute Gasteiger partial charge is 0.226 e. The molecule has 3 rings (SSSR count). The molecule has 0 aromatic heterocycles. The molecule has 1 amide bonds. The van der Waals surface area contributed by atoms with Gasteiger partial charge in [0.05, 0.1) is 6.04 Å². The van der Waals surface area contributed by atoms with Gasteiger partial charge >= 0.3 is 0 Å². The van der Waals surface area contributed by atoms with Crippen LogP contribution in [0.4, 0.5) is 0 Å². The average molecular weight is 351 g/mol. The lowest BCUT2D eigenvalue weighted by atomic mass is 9.85. The number of benzene rings is 1. The van der Waals surface area contributed by atoms with Crippen molar-refractivity contribution in [2.75, 3.05) is 6.54 Å². The summed E-state index contributed by atoms with van der Waals surface area (Å²) in [6, 6.07) is 8.93. The van der Waals surface area contributed by atoms with E-state index in [1.807, 2.05) is 6.07 Å². The van der Waals surface area contributed by atoms with E-state index >= 15 is 0 Å². The normalized spacial score (nSPS) is 29.6. The third-order valence-corrected chi connectivity index (χ3v) is 5.38. The fourth-order valence-corrected chi connectivity index (χ4v) is 4.11. The van der Waals surface area contributed by atoms with Crippen LogP contribution in [-0.4, -0.2) is 23.4 Å². The van der Waals surface area contributed by atoms with Crippen LogP contribution in [0.25, 0.3) is 0 Å². The van der Waals surface area contributed by atoms with Crippen LogP contribution < -0.4 is 5.73 Å². The lowest BCUT2D eigenvalue weighted by Crippen LogP contribution is -2.39. The number of rotatable bonds is 2. The van der Waals surface area contributed by atoms with Gasteiger partial charge in [-0.05, 0) is 56.2 Å². The maximum Gasteiger partial charge on any atom is 0.226 e. The summed E-state index contributed by atoms with van der Waals surface area (Å²) >= 11 is 3.53. The number of likely N-dealkylation sites (tertiary alicyclic amines) is 1. The predicted octanol–water partition coefficient (Wildman–Crippen LogP) is 3.63. The largest absolute Gasteiger partial charge is 0.335 e. The van der Waals surface area contributed by atoms with Crippen LogP contribution >= 0.6 is 15.9 Å². The molecule has 2 aliphatic rings. The molecular weight excluding hydrogens is 328 g/mol. The molecule has 1 saturated carbocycles. The molecule has 4 heteroatoms. The minimum Gasteiger partial charge on any atom is -0.335 e. The second-order valence-corrected chi connectivity index (χ2v) is 7.27. The molecule has 2 fully saturated rings. The molecule has 0 spiro atoms. The Hall–Kier alpha value is -0.870. The third kappa shape index (κ3) is 3.32. The molecule has 1 heterocycles. The first kappa shape index (κ1) is 15.0. The summed E-state index contributed by atoms with van der Waals surface area (Å²) in [7, 11) is 0. The van der Waals surface area contributed by atoms with Crippen molar-refractivity contribution in [3.8, 4) is 0 Å². The third-order valence-electron chi connectivity index (χ3n) is 4.89. The number of carbonyl (C=O) groups excluding carboxylic acids is 1. The van der Waals surface area contributed by atoms with Crippen molar-refractivity contribution in [2.24, 2.45) is 11.7 Å². The molecule has 21 heavy (non-hydrogen) atoms. The van der Waals surface area contributed by atoms with E-state index in [-0.39, 0.29) is 12.0 Å². The number of halogens is 1. The Labute approximate surface area is 135 Å². The molecular formula is C17H23BrN2O. The first-order valence-corrected chi connectivity index (χ1v) is 8.76. The maximum absolute atomic E-state index is 12.8. The number of carbonyl (C=O) groups is 1. The molecule has 0 radical (unpaired) electrons. The zero-order chi connectivity index (χ0) is 14.8. The van der Waals surface area contributed by atoms with Crippen LogP contribution in [0.1, 0.15) is 50.1 Å². The topological polar surface area (TPSA) is 46.3 Å². The number of amides is 1. The quantitative estimate of drug-likeness (QED) is 0.884. The van der Waals surface area contributed by atoms with Gasteiger partial charge in [0.2, 0.25) is 5.91 Å². The van der Waals surface area contributed by atoms with Crippen molar-refractivity contribution in [1.29, 1.82) is 0 Å². The van der Waals surface area contributed by atoms with Crippen LogP contribution in [0.2, 0.25) is 0 Å². The summed E-state index contributed by atoms with van der Waals surface area (Å²) in [5.74, 6) is 0.543. The molecule has 1 aliphatic carbocycles. The summed E-state index contributed by atoms with van der Waals surface area (Å²) in [5, 5.41) is 0. The molecule has 2 N–H and O–H groups in total. The van der Waals surface area contributed by atoms with E-state index in [2.05, 4.69) is 39.0 Å². The summed E-state index contributed by atoms with van der Waals surface area (Å²) in [4.78, 5) is 15.0. The highest BCUT2D eigenvalue weighted by Gasteiger charge is 2.35. The lowest BCUT2D eigenvalue weighted by molar-refractivity contribution is -0.137. The van der Waals surface area contributed by atoms with Crippen LogP contribution in [0.5, 0.6) is 0 Å². The molecule has 1 aliphatic heterocycles. The van der Waals surface area contributed by atoms with Gasteiger partial charge in [-0.3, -0.25) is 4.79 Å². The molecule has 114 valence electrons. The number of nitrogens with zero attached hydrogens (tertiary/aromatic N) is 1. The Balaban J connectivity index is 1.73. The highest BCUT2D eigenvalue weighted by molar-refractivity contribution is 9.10. The van der Waals surface area contributed by atoms with Crippen LogP contribution in [0, 0.1) is 5.92 Å². The minimum atomic E-state index is 0.192. The van der Waals surface area contributed by atoms with E-state index in [9.17, 15) is 4.79 Å². The predicted molar refractivity (Wildman–Crippen MR) is 87.8 cm³/mol. The zero-order valence-corrected chi connectivity index (χ0v) is 13.9. The molecule has 1 unspecified atom stereocenters. The van der Waals surface area contributed by atoms with E-state index in [1.165, 1.54) is 5.56 Å². The minimum absolute atomic E-state index is 0.192. The standard InChI is InChI=1S/C17H23BrN2O/c18-14-4-1-3-13(11-14)16-5-2-10-20(16)17(21)12-6-8-15(19)9-7-12/h1,3-4,11-12,15-16H,2,5-10,19H2. The molecule has 1 atom stereocenters. The van der Waals surface area contributed by atoms with Crippen LogP contribution in [0.15, 0.2) is 28.7 Å². The number of nitrogens with two attached hydrogens (primary N) is 1. The van der Waals surface area contributed by atoms with E-state index in [0.717, 1.165) is 49.5 Å². The molecule has 0 bridgehead atoms. The van der Waals surface area contributed by atoms with Crippen molar-refractivity contribution >= 4 is 21.8 Å². The van der Waals surface area contributed by atoms with Crippen molar-refractivity contribution in [2.45, 2.75) is 50.6 Å². The van der Waals surface area contributed by atoms with E-state index < -0.39 is 0 Å². The summed E-state index contributed by atoms with van der Waals surface area (Å²) < 4.78 is 1.09. The van der Waals surface area contributed by atoms with Gasteiger partial charge in [0, 0.05) is 23.0 Å². The van der Waals surface area contributed by atoms with Gasteiger partial charge in [-0.25, -0.2) is 0 Å².